The number of carbonyl (C=O) groups excluding carboxylic acids is 1. The normalized spacial score (nSPS) is 14.1. The molecule has 0 bridgehead atoms. The zero-order valence-corrected chi connectivity index (χ0v) is 16.9. The first kappa shape index (κ1) is 19.2. The molecule has 1 aliphatic rings. The maximum absolute atomic E-state index is 13.0. The Morgan fingerprint density at radius 1 is 1.06 bits per heavy atom. The van der Waals surface area contributed by atoms with Crippen LogP contribution in [0.2, 0.25) is 0 Å². The predicted octanol–water partition coefficient (Wildman–Crippen LogP) is 3.89. The van der Waals surface area contributed by atoms with Crippen LogP contribution in [0.15, 0.2) is 65.6 Å². The third kappa shape index (κ3) is 3.63. The molecule has 6 nitrogen and oxygen atoms in total. The van der Waals surface area contributed by atoms with Gasteiger partial charge in [-0.2, -0.15) is 0 Å². The minimum atomic E-state index is -0.301. The molecule has 5 rings (SSSR count). The Kier molecular flexibility index (Phi) is 4.66. The van der Waals surface area contributed by atoms with Gasteiger partial charge in [0.05, 0.1) is 16.7 Å². The number of imidazole rings is 1. The predicted molar refractivity (Wildman–Crippen MR) is 114 cm³/mol. The summed E-state index contributed by atoms with van der Waals surface area (Å²) in [7, 11) is 1.94. The third-order valence-electron chi connectivity index (χ3n) is 5.70. The van der Waals surface area contributed by atoms with Crippen molar-refractivity contribution in [2.24, 2.45) is 7.05 Å². The number of nitrogens with zero attached hydrogens (tertiary/aromatic N) is 3. The van der Waals surface area contributed by atoms with E-state index in [0.29, 0.717) is 18.6 Å². The van der Waals surface area contributed by atoms with Crippen molar-refractivity contribution in [3.63, 3.8) is 0 Å². The highest BCUT2D eigenvalue weighted by Gasteiger charge is 2.31. The van der Waals surface area contributed by atoms with Gasteiger partial charge in [0.2, 0.25) is 0 Å². The van der Waals surface area contributed by atoms with Crippen molar-refractivity contribution in [1.29, 1.82) is 0 Å². The van der Waals surface area contributed by atoms with Crippen molar-refractivity contribution in [1.82, 2.24) is 14.1 Å². The lowest BCUT2D eigenvalue weighted by atomic mass is 9.83. The van der Waals surface area contributed by atoms with Crippen LogP contribution in [0.5, 0.6) is 5.75 Å². The lowest BCUT2D eigenvalue weighted by Crippen LogP contribution is -2.23. The van der Waals surface area contributed by atoms with E-state index in [-0.39, 0.29) is 29.7 Å². The molecule has 0 atom stereocenters. The van der Waals surface area contributed by atoms with E-state index < -0.39 is 0 Å². The number of fused-ring (bicyclic) bond motifs is 1. The van der Waals surface area contributed by atoms with Crippen LogP contribution in [0.25, 0.3) is 16.7 Å². The molecule has 0 aliphatic heterocycles. The second-order valence-electron chi connectivity index (χ2n) is 7.83. The molecule has 2 heterocycles. The zero-order chi connectivity index (χ0) is 21.5. The average molecular weight is 417 g/mol. The molecule has 7 heteroatoms. The van der Waals surface area contributed by atoms with E-state index in [9.17, 15) is 14.0 Å². The van der Waals surface area contributed by atoms with E-state index in [1.807, 2.05) is 29.8 Å². The molecule has 2 aromatic carbocycles. The number of benzene rings is 2. The van der Waals surface area contributed by atoms with Crippen molar-refractivity contribution in [3.8, 4) is 11.4 Å². The largest absolute Gasteiger partial charge is 0.489 e. The van der Waals surface area contributed by atoms with Gasteiger partial charge >= 0.3 is 0 Å². The number of ketones is 1. The summed E-state index contributed by atoms with van der Waals surface area (Å²) in [5.74, 6) is 1.50. The van der Waals surface area contributed by atoms with Crippen LogP contribution in [0.3, 0.4) is 0 Å². The smallest absolute Gasteiger partial charge is 0.258 e. The van der Waals surface area contributed by atoms with E-state index in [2.05, 4.69) is 4.98 Å². The number of pyridine rings is 1. The molecule has 0 amide bonds. The molecular formula is C24H20FN3O3. The molecule has 1 saturated carbocycles. The number of carbonyl (C=O) groups is 1. The number of hydrogen-bond donors (Lipinski definition) is 0. The van der Waals surface area contributed by atoms with Crippen LogP contribution in [-0.2, 0) is 18.4 Å². The standard InChI is InChI=1S/C24H20FN3O3/c1-27-22-12-18(6-7-21(22)26-24(27)16-10-19(29)11-16)28-9-8-20(13-23(28)30)31-14-15-2-4-17(25)5-3-15/h2-9,12-13,16H,10-11,14H2,1H3. The first-order valence-corrected chi connectivity index (χ1v) is 10.1. The topological polar surface area (TPSA) is 66.1 Å². The Morgan fingerprint density at radius 2 is 1.84 bits per heavy atom. The monoisotopic (exact) mass is 417 g/mol. The summed E-state index contributed by atoms with van der Waals surface area (Å²) in [6.07, 6.45) is 2.76. The Hall–Kier alpha value is -3.74. The fourth-order valence-corrected chi connectivity index (χ4v) is 3.90. The Morgan fingerprint density at radius 3 is 2.55 bits per heavy atom. The zero-order valence-electron chi connectivity index (χ0n) is 16.9. The molecule has 0 unspecified atom stereocenters. The Balaban J connectivity index is 1.39. The molecule has 0 saturated heterocycles. The van der Waals surface area contributed by atoms with Crippen LogP contribution in [0.4, 0.5) is 4.39 Å². The number of aryl methyl sites for hydroxylation is 1. The first-order valence-electron chi connectivity index (χ1n) is 10.1. The minimum absolute atomic E-state index is 0.175. The molecule has 2 aromatic heterocycles. The number of rotatable bonds is 5. The fraction of sp³-hybridized carbons (Fsp3) is 0.208. The van der Waals surface area contributed by atoms with Gasteiger partial charge < -0.3 is 9.30 Å². The number of ether oxygens (including phenoxy) is 1. The van der Waals surface area contributed by atoms with Gasteiger partial charge in [-0.15, -0.1) is 0 Å². The quantitative estimate of drug-likeness (QED) is 0.494. The third-order valence-corrected chi connectivity index (χ3v) is 5.70. The summed E-state index contributed by atoms with van der Waals surface area (Å²) in [5, 5.41) is 0. The van der Waals surface area contributed by atoms with Gasteiger partial charge in [0, 0.05) is 38.1 Å². The van der Waals surface area contributed by atoms with Gasteiger partial charge in [-0.1, -0.05) is 12.1 Å². The van der Waals surface area contributed by atoms with Gasteiger partial charge in [0.1, 0.15) is 29.8 Å². The molecule has 4 aromatic rings. The van der Waals surface area contributed by atoms with Crippen LogP contribution < -0.4 is 10.3 Å². The van der Waals surface area contributed by atoms with E-state index in [4.69, 9.17) is 4.74 Å². The maximum atomic E-state index is 13.0. The van der Waals surface area contributed by atoms with E-state index in [1.165, 1.54) is 18.2 Å². The van der Waals surface area contributed by atoms with Gasteiger partial charge in [0.15, 0.2) is 0 Å². The van der Waals surface area contributed by atoms with Crippen molar-refractivity contribution in [3.05, 3.63) is 88.4 Å². The van der Waals surface area contributed by atoms with Crippen molar-refractivity contribution in [2.45, 2.75) is 25.4 Å². The summed E-state index contributed by atoms with van der Waals surface area (Å²) in [5.41, 5.74) is 3.07. The SMILES string of the molecule is Cn1c(C2CC(=O)C2)nc2ccc(-n3ccc(OCc4ccc(F)cc4)cc3=O)cc21. The van der Waals surface area contributed by atoms with Gasteiger partial charge in [0.25, 0.3) is 5.56 Å². The molecule has 1 fully saturated rings. The van der Waals surface area contributed by atoms with E-state index in [0.717, 1.165) is 28.1 Å². The second kappa shape index (κ2) is 7.50. The van der Waals surface area contributed by atoms with Crippen LogP contribution in [0, 0.1) is 5.82 Å². The number of hydrogen-bond acceptors (Lipinski definition) is 4. The highest BCUT2D eigenvalue weighted by atomic mass is 19.1. The molecule has 156 valence electrons. The van der Waals surface area contributed by atoms with Gasteiger partial charge in [-0.25, -0.2) is 9.37 Å². The summed E-state index contributed by atoms with van der Waals surface area (Å²) < 4.78 is 22.2. The lowest BCUT2D eigenvalue weighted by Gasteiger charge is -2.23. The van der Waals surface area contributed by atoms with Crippen molar-refractivity contribution < 1.29 is 13.9 Å². The second-order valence-corrected chi connectivity index (χ2v) is 7.83. The summed E-state index contributed by atoms with van der Waals surface area (Å²) >= 11 is 0. The number of aromatic nitrogens is 3. The summed E-state index contributed by atoms with van der Waals surface area (Å²) in [6.45, 7) is 0.247. The fourth-order valence-electron chi connectivity index (χ4n) is 3.90. The lowest BCUT2D eigenvalue weighted by molar-refractivity contribution is -0.124. The number of Topliss-reactive ketones (excluding diaryl/α,β-unsaturated/α-hetero) is 1. The first-order chi connectivity index (χ1) is 15.0. The molecule has 0 radical (unpaired) electrons. The van der Waals surface area contributed by atoms with Gasteiger partial charge in [-0.05, 0) is 42.0 Å². The summed E-state index contributed by atoms with van der Waals surface area (Å²) in [4.78, 5) is 28.7. The Bertz CT molecular complexity index is 1350. The molecule has 31 heavy (non-hydrogen) atoms. The van der Waals surface area contributed by atoms with Crippen LogP contribution >= 0.6 is 0 Å². The molecule has 0 spiro atoms. The Labute approximate surface area is 177 Å². The van der Waals surface area contributed by atoms with E-state index in [1.54, 1.807) is 29.0 Å². The average Bonchev–Trinajstić information content (AvgIpc) is 3.06. The van der Waals surface area contributed by atoms with Crippen molar-refractivity contribution in [2.75, 3.05) is 0 Å². The molecule has 0 N–H and O–H groups in total. The molecule has 1 aliphatic carbocycles. The van der Waals surface area contributed by atoms with Gasteiger partial charge in [-0.3, -0.25) is 14.2 Å². The molecular weight excluding hydrogens is 397 g/mol. The minimum Gasteiger partial charge on any atom is -0.489 e. The maximum Gasteiger partial charge on any atom is 0.258 e. The highest BCUT2D eigenvalue weighted by Crippen LogP contribution is 2.34. The summed E-state index contributed by atoms with van der Waals surface area (Å²) in [6, 6.07) is 14.9. The van der Waals surface area contributed by atoms with Crippen LogP contribution in [-0.4, -0.2) is 19.9 Å². The highest BCUT2D eigenvalue weighted by molar-refractivity contribution is 5.87. The van der Waals surface area contributed by atoms with Crippen molar-refractivity contribution >= 4 is 16.8 Å². The number of halogens is 1. The van der Waals surface area contributed by atoms with Crippen LogP contribution in [0.1, 0.15) is 30.1 Å². The van der Waals surface area contributed by atoms with E-state index >= 15 is 0 Å².